The molecule has 0 saturated carbocycles. The fourth-order valence-corrected chi connectivity index (χ4v) is 1.04. The van der Waals surface area contributed by atoms with Gasteiger partial charge in [-0.3, -0.25) is 0 Å². The highest BCUT2D eigenvalue weighted by Crippen LogP contribution is 2.16. The van der Waals surface area contributed by atoms with Gasteiger partial charge in [0.25, 0.3) is 5.19 Å². The minimum absolute atomic E-state index is 0.307. The first kappa shape index (κ1) is 6.96. The second-order valence-electron chi connectivity index (χ2n) is 1.50. The van der Waals surface area contributed by atoms with Crippen LogP contribution in [-0.2, 0) is 6.42 Å². The summed E-state index contributed by atoms with van der Waals surface area (Å²) in [6.45, 7) is 0. The molecule has 1 heterocycles. The number of hydrogen-bond donors (Lipinski definition) is 0. The van der Waals surface area contributed by atoms with Gasteiger partial charge in [0.1, 0.15) is 5.01 Å². The van der Waals surface area contributed by atoms with Crippen LogP contribution in [0.15, 0.2) is 0 Å². The summed E-state index contributed by atoms with van der Waals surface area (Å²) in [4.78, 5) is 0. The lowest BCUT2D eigenvalue weighted by Crippen LogP contribution is -1.79. The summed E-state index contributed by atoms with van der Waals surface area (Å²) in [5, 5.41) is 16.8. The van der Waals surface area contributed by atoms with Gasteiger partial charge in [0.05, 0.1) is 19.6 Å². The molecule has 0 aliphatic rings. The van der Waals surface area contributed by atoms with Crippen molar-refractivity contribution in [3.63, 3.8) is 0 Å². The average molecular weight is 155 g/mol. The van der Waals surface area contributed by atoms with Crippen LogP contribution < -0.4 is 4.74 Å². The molecule has 0 N–H and O–H groups in total. The van der Waals surface area contributed by atoms with E-state index >= 15 is 0 Å². The number of rotatable bonds is 2. The van der Waals surface area contributed by atoms with E-state index in [-0.39, 0.29) is 0 Å². The van der Waals surface area contributed by atoms with Gasteiger partial charge in [-0.2, -0.15) is 5.26 Å². The Morgan fingerprint density at radius 2 is 2.50 bits per heavy atom. The van der Waals surface area contributed by atoms with Crippen LogP contribution in [0.5, 0.6) is 5.19 Å². The molecule has 4 nitrogen and oxygen atoms in total. The van der Waals surface area contributed by atoms with Crippen LogP contribution in [0.4, 0.5) is 0 Å². The van der Waals surface area contributed by atoms with Crippen LogP contribution in [0, 0.1) is 11.3 Å². The topological polar surface area (TPSA) is 58.8 Å². The minimum atomic E-state index is 0.307. The molecule has 0 fully saturated rings. The molecule has 0 saturated heterocycles. The molecule has 1 aromatic heterocycles. The van der Waals surface area contributed by atoms with E-state index in [0.717, 1.165) is 0 Å². The van der Waals surface area contributed by atoms with E-state index < -0.39 is 0 Å². The van der Waals surface area contributed by atoms with Crippen molar-refractivity contribution in [1.82, 2.24) is 10.2 Å². The highest BCUT2D eigenvalue weighted by Gasteiger charge is 2.01. The second-order valence-corrected chi connectivity index (χ2v) is 2.53. The van der Waals surface area contributed by atoms with E-state index in [0.29, 0.717) is 16.6 Å². The maximum absolute atomic E-state index is 8.25. The third kappa shape index (κ3) is 1.42. The molecule has 0 radical (unpaired) electrons. The van der Waals surface area contributed by atoms with Crippen molar-refractivity contribution in [3.05, 3.63) is 5.01 Å². The van der Waals surface area contributed by atoms with Gasteiger partial charge in [-0.25, -0.2) is 0 Å². The molecule has 0 spiro atoms. The molecule has 0 aliphatic heterocycles. The summed E-state index contributed by atoms with van der Waals surface area (Å²) in [6.07, 6.45) is 0.307. The van der Waals surface area contributed by atoms with Crippen LogP contribution in [0.3, 0.4) is 0 Å². The summed E-state index contributed by atoms with van der Waals surface area (Å²) >= 11 is 1.29. The Morgan fingerprint density at radius 1 is 1.70 bits per heavy atom. The van der Waals surface area contributed by atoms with Crippen LogP contribution in [0.25, 0.3) is 0 Å². The van der Waals surface area contributed by atoms with Crippen LogP contribution in [0.1, 0.15) is 5.01 Å². The van der Waals surface area contributed by atoms with E-state index in [2.05, 4.69) is 10.2 Å². The summed E-state index contributed by atoms with van der Waals surface area (Å²) in [7, 11) is 1.52. The minimum Gasteiger partial charge on any atom is -0.472 e. The van der Waals surface area contributed by atoms with Gasteiger partial charge in [-0.1, -0.05) is 11.3 Å². The Balaban J connectivity index is 2.70. The molecule has 5 heteroatoms. The van der Waals surface area contributed by atoms with E-state index in [1.54, 1.807) is 0 Å². The zero-order valence-corrected chi connectivity index (χ0v) is 6.18. The second kappa shape index (κ2) is 3.13. The molecule has 0 aromatic carbocycles. The summed E-state index contributed by atoms with van der Waals surface area (Å²) in [5.41, 5.74) is 0. The predicted molar refractivity (Wildman–Crippen MR) is 35.8 cm³/mol. The zero-order valence-electron chi connectivity index (χ0n) is 5.37. The predicted octanol–water partition coefficient (Wildman–Crippen LogP) is 0.613. The molecule has 52 valence electrons. The third-order valence-corrected chi connectivity index (χ3v) is 1.74. The molecule has 1 rings (SSSR count). The van der Waals surface area contributed by atoms with Crippen molar-refractivity contribution in [3.8, 4) is 11.3 Å². The van der Waals surface area contributed by atoms with Crippen LogP contribution >= 0.6 is 11.3 Å². The van der Waals surface area contributed by atoms with Crippen molar-refractivity contribution in [2.24, 2.45) is 0 Å². The Kier molecular flexibility index (Phi) is 2.18. The first-order chi connectivity index (χ1) is 4.86. The molecule has 1 aromatic rings. The van der Waals surface area contributed by atoms with Gasteiger partial charge < -0.3 is 4.74 Å². The smallest absolute Gasteiger partial charge is 0.293 e. The highest BCUT2D eigenvalue weighted by atomic mass is 32.1. The Morgan fingerprint density at radius 3 is 3.00 bits per heavy atom. The zero-order chi connectivity index (χ0) is 7.40. The number of nitriles is 1. The van der Waals surface area contributed by atoms with Crippen molar-refractivity contribution in [1.29, 1.82) is 5.26 Å². The largest absolute Gasteiger partial charge is 0.472 e. The van der Waals surface area contributed by atoms with Gasteiger partial charge in [0.15, 0.2) is 0 Å². The molecule has 0 atom stereocenters. The Labute approximate surface area is 62.1 Å². The van der Waals surface area contributed by atoms with Gasteiger partial charge in [0.2, 0.25) is 0 Å². The van der Waals surface area contributed by atoms with E-state index in [1.807, 2.05) is 6.07 Å². The Hall–Kier alpha value is -1.15. The maximum atomic E-state index is 8.25. The monoisotopic (exact) mass is 155 g/mol. The molecule has 0 aliphatic carbocycles. The number of aromatic nitrogens is 2. The first-order valence-corrected chi connectivity index (χ1v) is 3.42. The van der Waals surface area contributed by atoms with Gasteiger partial charge in [0, 0.05) is 0 Å². The lowest BCUT2D eigenvalue weighted by molar-refractivity contribution is 0.407. The van der Waals surface area contributed by atoms with Crippen molar-refractivity contribution < 1.29 is 4.74 Å². The SMILES string of the molecule is COc1nnc(CC#N)s1. The molecule has 0 amide bonds. The number of hydrogen-bond acceptors (Lipinski definition) is 5. The summed E-state index contributed by atoms with van der Waals surface area (Å²) in [6, 6.07) is 1.97. The lowest BCUT2D eigenvalue weighted by atomic mass is 10.5. The third-order valence-electron chi connectivity index (χ3n) is 0.853. The standard InChI is InChI=1S/C5H5N3OS/c1-9-5-8-7-4(10-5)2-3-6/h2H2,1H3. The quantitative estimate of drug-likeness (QED) is 0.628. The fourth-order valence-electron chi connectivity index (χ4n) is 0.460. The molecular formula is C5H5N3OS. The first-order valence-electron chi connectivity index (χ1n) is 2.60. The highest BCUT2D eigenvalue weighted by molar-refractivity contribution is 7.13. The van der Waals surface area contributed by atoms with E-state index in [1.165, 1.54) is 18.4 Å². The average Bonchev–Trinajstić information content (AvgIpc) is 2.37. The van der Waals surface area contributed by atoms with Crippen LogP contribution in [0.2, 0.25) is 0 Å². The molecule has 0 bridgehead atoms. The summed E-state index contributed by atoms with van der Waals surface area (Å²) < 4.78 is 4.78. The maximum Gasteiger partial charge on any atom is 0.293 e. The normalized spacial score (nSPS) is 8.80. The number of nitrogens with zero attached hydrogens (tertiary/aromatic N) is 3. The van der Waals surface area contributed by atoms with Gasteiger partial charge in [-0.05, 0) is 0 Å². The summed E-state index contributed by atoms with van der Waals surface area (Å²) in [5.74, 6) is 0. The number of ether oxygens (including phenoxy) is 1. The van der Waals surface area contributed by atoms with Crippen molar-refractivity contribution in [2.75, 3.05) is 7.11 Å². The molecule has 0 unspecified atom stereocenters. The van der Waals surface area contributed by atoms with Gasteiger partial charge in [-0.15, -0.1) is 10.2 Å². The van der Waals surface area contributed by atoms with Crippen molar-refractivity contribution >= 4 is 11.3 Å². The van der Waals surface area contributed by atoms with E-state index in [9.17, 15) is 0 Å². The van der Waals surface area contributed by atoms with Crippen LogP contribution in [-0.4, -0.2) is 17.3 Å². The van der Waals surface area contributed by atoms with Gasteiger partial charge >= 0.3 is 0 Å². The molecular weight excluding hydrogens is 150 g/mol. The van der Waals surface area contributed by atoms with E-state index in [4.69, 9.17) is 10.00 Å². The Bertz CT molecular complexity index is 252. The molecule has 10 heavy (non-hydrogen) atoms. The number of methoxy groups -OCH3 is 1. The fraction of sp³-hybridized carbons (Fsp3) is 0.400. The lowest BCUT2D eigenvalue weighted by Gasteiger charge is -1.83. The van der Waals surface area contributed by atoms with Crippen molar-refractivity contribution in [2.45, 2.75) is 6.42 Å².